The van der Waals surface area contributed by atoms with Crippen molar-refractivity contribution in [1.29, 1.82) is 0 Å². The summed E-state index contributed by atoms with van der Waals surface area (Å²) in [5.41, 5.74) is -0.459. The van der Waals surface area contributed by atoms with Crippen LogP contribution in [0, 0.1) is 0 Å². The third-order valence-corrected chi connectivity index (χ3v) is 0.817. The SMILES string of the molecule is CC(C)(C)NC(=O)OCC(F)F. The first-order valence-corrected chi connectivity index (χ1v) is 3.54. The Morgan fingerprint density at radius 1 is 1.50 bits per heavy atom. The van der Waals surface area contributed by atoms with Crippen molar-refractivity contribution in [3.8, 4) is 0 Å². The molecule has 0 heterocycles. The second-order valence-electron chi connectivity index (χ2n) is 3.36. The first-order chi connectivity index (χ1) is 5.31. The molecular formula is C7H13F2NO2. The number of carbonyl (C=O) groups is 1. The van der Waals surface area contributed by atoms with Gasteiger partial charge >= 0.3 is 6.09 Å². The van der Waals surface area contributed by atoms with E-state index in [1.165, 1.54) is 0 Å². The third kappa shape index (κ3) is 7.24. The molecule has 0 saturated heterocycles. The number of nitrogens with one attached hydrogen (secondary N) is 1. The van der Waals surface area contributed by atoms with E-state index in [0.29, 0.717) is 0 Å². The second kappa shape index (κ2) is 4.23. The van der Waals surface area contributed by atoms with Gasteiger partial charge in [0.2, 0.25) is 0 Å². The molecule has 0 aliphatic carbocycles. The van der Waals surface area contributed by atoms with Crippen LogP contribution in [0.4, 0.5) is 13.6 Å². The molecule has 0 radical (unpaired) electrons. The smallest absolute Gasteiger partial charge is 0.407 e. The fourth-order valence-electron chi connectivity index (χ4n) is 0.481. The number of hydrogen-bond donors (Lipinski definition) is 1. The van der Waals surface area contributed by atoms with E-state index in [1.54, 1.807) is 20.8 Å². The van der Waals surface area contributed by atoms with Gasteiger partial charge in [-0.1, -0.05) is 0 Å². The maximum absolute atomic E-state index is 11.5. The monoisotopic (exact) mass is 181 g/mol. The molecule has 0 aliphatic rings. The third-order valence-electron chi connectivity index (χ3n) is 0.817. The van der Waals surface area contributed by atoms with Crippen molar-refractivity contribution >= 4 is 6.09 Å². The van der Waals surface area contributed by atoms with E-state index in [1.807, 2.05) is 0 Å². The van der Waals surface area contributed by atoms with E-state index < -0.39 is 24.7 Å². The summed E-state index contributed by atoms with van der Waals surface area (Å²) < 4.78 is 27.2. The van der Waals surface area contributed by atoms with Gasteiger partial charge < -0.3 is 10.1 Å². The lowest BCUT2D eigenvalue weighted by atomic mass is 10.1. The van der Waals surface area contributed by atoms with Crippen LogP contribution in [0.25, 0.3) is 0 Å². The van der Waals surface area contributed by atoms with Gasteiger partial charge in [-0.2, -0.15) is 0 Å². The predicted molar refractivity (Wildman–Crippen MR) is 40.2 cm³/mol. The summed E-state index contributed by atoms with van der Waals surface area (Å²) >= 11 is 0. The number of hydrogen-bond acceptors (Lipinski definition) is 2. The summed E-state index contributed by atoms with van der Waals surface area (Å²) in [5, 5.41) is 2.38. The van der Waals surface area contributed by atoms with Crippen molar-refractivity contribution in [3.05, 3.63) is 0 Å². The van der Waals surface area contributed by atoms with Crippen molar-refractivity contribution in [2.24, 2.45) is 0 Å². The van der Waals surface area contributed by atoms with Crippen LogP contribution in [0.5, 0.6) is 0 Å². The van der Waals surface area contributed by atoms with Crippen LogP contribution in [0.2, 0.25) is 0 Å². The zero-order valence-electron chi connectivity index (χ0n) is 7.36. The van der Waals surface area contributed by atoms with E-state index in [4.69, 9.17) is 0 Å². The molecule has 0 aromatic heterocycles. The molecule has 5 heteroatoms. The number of carbonyl (C=O) groups excluding carboxylic acids is 1. The topological polar surface area (TPSA) is 38.3 Å². The molecule has 12 heavy (non-hydrogen) atoms. The summed E-state index contributed by atoms with van der Waals surface area (Å²) in [6.45, 7) is 4.34. The molecule has 72 valence electrons. The van der Waals surface area contributed by atoms with E-state index in [0.717, 1.165) is 0 Å². The van der Waals surface area contributed by atoms with E-state index in [-0.39, 0.29) is 0 Å². The normalized spacial score (nSPS) is 11.5. The minimum absolute atomic E-state index is 0.459. The lowest BCUT2D eigenvalue weighted by molar-refractivity contribution is 0.0462. The molecule has 0 fully saturated rings. The van der Waals surface area contributed by atoms with Gasteiger partial charge in [0.15, 0.2) is 6.61 Å². The molecule has 0 aromatic rings. The van der Waals surface area contributed by atoms with Crippen molar-refractivity contribution < 1.29 is 18.3 Å². The van der Waals surface area contributed by atoms with Crippen LogP contribution in [-0.4, -0.2) is 24.7 Å². The first-order valence-electron chi connectivity index (χ1n) is 3.54. The highest BCUT2D eigenvalue weighted by Crippen LogP contribution is 2.00. The Balaban J connectivity index is 3.61. The largest absolute Gasteiger partial charge is 0.443 e. The number of halogens is 2. The molecule has 0 spiro atoms. The molecular weight excluding hydrogens is 168 g/mol. The lowest BCUT2D eigenvalue weighted by Crippen LogP contribution is -2.41. The predicted octanol–water partition coefficient (Wildman–Crippen LogP) is 1.78. The van der Waals surface area contributed by atoms with E-state index in [2.05, 4.69) is 10.1 Å². The summed E-state index contributed by atoms with van der Waals surface area (Å²) in [5.74, 6) is 0. The Hall–Kier alpha value is -0.870. The van der Waals surface area contributed by atoms with E-state index >= 15 is 0 Å². The first kappa shape index (κ1) is 11.1. The standard InChI is InChI=1S/C7H13F2NO2/c1-7(2,3)10-6(11)12-4-5(8)9/h5H,4H2,1-3H3,(H,10,11). The molecule has 0 unspecified atom stereocenters. The minimum Gasteiger partial charge on any atom is -0.443 e. The van der Waals surface area contributed by atoms with Gasteiger partial charge in [-0.25, -0.2) is 13.6 Å². The van der Waals surface area contributed by atoms with Crippen molar-refractivity contribution in [2.75, 3.05) is 6.61 Å². The lowest BCUT2D eigenvalue weighted by Gasteiger charge is -2.19. The van der Waals surface area contributed by atoms with Crippen molar-refractivity contribution in [2.45, 2.75) is 32.7 Å². The summed E-state index contributed by atoms with van der Waals surface area (Å²) in [7, 11) is 0. The molecule has 3 nitrogen and oxygen atoms in total. The molecule has 1 amide bonds. The van der Waals surface area contributed by atoms with Crippen molar-refractivity contribution in [1.82, 2.24) is 5.32 Å². The van der Waals surface area contributed by atoms with E-state index in [9.17, 15) is 13.6 Å². The van der Waals surface area contributed by atoms with Gasteiger partial charge in [0, 0.05) is 5.54 Å². The Kier molecular flexibility index (Phi) is 3.92. The van der Waals surface area contributed by atoms with Crippen LogP contribution in [-0.2, 0) is 4.74 Å². The Bertz CT molecular complexity index is 154. The number of rotatable bonds is 2. The highest BCUT2D eigenvalue weighted by Gasteiger charge is 2.15. The molecule has 0 aliphatic heterocycles. The quantitative estimate of drug-likeness (QED) is 0.705. The summed E-state index contributed by atoms with van der Waals surface area (Å²) in [4.78, 5) is 10.7. The van der Waals surface area contributed by atoms with Gasteiger partial charge in [0.1, 0.15) is 0 Å². The van der Waals surface area contributed by atoms with Gasteiger partial charge in [0.05, 0.1) is 0 Å². The highest BCUT2D eigenvalue weighted by molar-refractivity contribution is 5.68. The molecule has 0 atom stereocenters. The second-order valence-corrected chi connectivity index (χ2v) is 3.36. The van der Waals surface area contributed by atoms with Crippen LogP contribution < -0.4 is 5.32 Å². The van der Waals surface area contributed by atoms with Crippen molar-refractivity contribution in [3.63, 3.8) is 0 Å². The van der Waals surface area contributed by atoms with Crippen LogP contribution in [0.15, 0.2) is 0 Å². The number of ether oxygens (including phenoxy) is 1. The fourth-order valence-corrected chi connectivity index (χ4v) is 0.481. The zero-order valence-corrected chi connectivity index (χ0v) is 7.36. The van der Waals surface area contributed by atoms with Gasteiger partial charge in [0.25, 0.3) is 6.43 Å². The van der Waals surface area contributed by atoms with Gasteiger partial charge in [-0.05, 0) is 20.8 Å². The molecule has 0 bridgehead atoms. The molecule has 0 saturated carbocycles. The summed E-state index contributed by atoms with van der Waals surface area (Å²) in [6.07, 6.45) is -3.43. The Labute approximate surface area is 70.1 Å². The average molecular weight is 181 g/mol. The average Bonchev–Trinajstić information content (AvgIpc) is 1.79. The fraction of sp³-hybridized carbons (Fsp3) is 0.857. The van der Waals surface area contributed by atoms with Gasteiger partial charge in [-0.15, -0.1) is 0 Å². The minimum atomic E-state index is -2.62. The maximum Gasteiger partial charge on any atom is 0.407 e. The molecule has 0 aromatic carbocycles. The maximum atomic E-state index is 11.5. The highest BCUT2D eigenvalue weighted by atomic mass is 19.3. The Morgan fingerprint density at radius 2 is 2.00 bits per heavy atom. The van der Waals surface area contributed by atoms with Crippen LogP contribution in [0.1, 0.15) is 20.8 Å². The number of alkyl carbamates (subject to hydrolysis) is 1. The molecule has 1 N–H and O–H groups in total. The van der Waals surface area contributed by atoms with Crippen LogP contribution >= 0.6 is 0 Å². The summed E-state index contributed by atoms with van der Waals surface area (Å²) in [6, 6.07) is 0. The number of alkyl halides is 2. The number of amides is 1. The van der Waals surface area contributed by atoms with Crippen LogP contribution in [0.3, 0.4) is 0 Å². The molecule has 0 rings (SSSR count). The zero-order chi connectivity index (χ0) is 9.78. The Morgan fingerprint density at radius 3 is 2.33 bits per heavy atom. The van der Waals surface area contributed by atoms with Gasteiger partial charge in [-0.3, -0.25) is 0 Å².